The molecule has 0 saturated carbocycles. The van der Waals surface area contributed by atoms with E-state index in [1.807, 2.05) is 6.92 Å². The third-order valence-corrected chi connectivity index (χ3v) is 4.33. The van der Waals surface area contributed by atoms with Crippen LogP contribution < -0.4 is 15.4 Å². The van der Waals surface area contributed by atoms with Crippen molar-refractivity contribution in [3.05, 3.63) is 0 Å². The van der Waals surface area contributed by atoms with E-state index in [2.05, 4.69) is 25.2 Å². The minimum atomic E-state index is -3.15. The second kappa shape index (κ2) is 10.9. The van der Waals surface area contributed by atoms with Gasteiger partial charge in [-0.3, -0.25) is 9.89 Å². The van der Waals surface area contributed by atoms with Crippen LogP contribution in [-0.4, -0.2) is 95.3 Å². The molecule has 25 heavy (non-hydrogen) atoms. The van der Waals surface area contributed by atoms with Crippen molar-refractivity contribution in [3.63, 3.8) is 0 Å². The lowest BCUT2D eigenvalue weighted by molar-refractivity contribution is -0.0179. The fraction of sp³-hybridized carbons (Fsp3) is 0.933. The van der Waals surface area contributed by atoms with Crippen LogP contribution in [0.2, 0.25) is 0 Å². The average molecular weight is 380 g/mol. The number of guanidine groups is 1. The van der Waals surface area contributed by atoms with Crippen LogP contribution >= 0.6 is 0 Å². The standard InChI is InChI=1S/C15H33N5O4S/c1-4-16-14(17-6-5-7-19-25(3,22)23)18-12-15(2,21)13-20-8-10-24-11-9-20/h19,21H,4-13H2,1-3H3,(H2,16,17,18). The number of hydrogen-bond acceptors (Lipinski definition) is 6. The molecule has 1 rings (SSSR count). The molecule has 9 nitrogen and oxygen atoms in total. The van der Waals surface area contributed by atoms with Gasteiger partial charge in [-0.25, -0.2) is 13.1 Å². The lowest BCUT2D eigenvalue weighted by Gasteiger charge is -2.33. The molecule has 10 heteroatoms. The molecule has 0 aromatic carbocycles. The third-order valence-electron chi connectivity index (χ3n) is 3.60. The number of β-amino-alcohol motifs (C(OH)–C–C–N with tert-alkyl or cyclic N) is 1. The Balaban J connectivity index is 2.39. The van der Waals surface area contributed by atoms with Gasteiger partial charge >= 0.3 is 0 Å². The molecule has 0 aromatic heterocycles. The summed E-state index contributed by atoms with van der Waals surface area (Å²) in [6.07, 6.45) is 1.78. The molecule has 1 unspecified atom stereocenters. The van der Waals surface area contributed by atoms with E-state index < -0.39 is 15.6 Å². The zero-order chi connectivity index (χ0) is 18.8. The molecular weight excluding hydrogens is 346 g/mol. The van der Waals surface area contributed by atoms with E-state index in [1.54, 1.807) is 6.92 Å². The first-order valence-electron chi connectivity index (χ1n) is 8.71. The van der Waals surface area contributed by atoms with E-state index in [1.165, 1.54) is 0 Å². The maximum atomic E-state index is 11.0. The van der Waals surface area contributed by atoms with Crippen LogP contribution in [0.1, 0.15) is 20.3 Å². The maximum Gasteiger partial charge on any atom is 0.208 e. The number of sulfonamides is 1. The number of ether oxygens (including phenoxy) is 1. The van der Waals surface area contributed by atoms with Crippen LogP contribution in [0, 0.1) is 0 Å². The summed E-state index contributed by atoms with van der Waals surface area (Å²) in [7, 11) is -3.15. The van der Waals surface area contributed by atoms with E-state index >= 15 is 0 Å². The highest BCUT2D eigenvalue weighted by atomic mass is 32.2. The Morgan fingerprint density at radius 2 is 1.96 bits per heavy atom. The molecule has 1 saturated heterocycles. The number of nitrogens with one attached hydrogen (secondary N) is 3. The first kappa shape index (κ1) is 22.1. The topological polar surface area (TPSA) is 115 Å². The Bertz CT molecular complexity index is 504. The fourth-order valence-electron chi connectivity index (χ4n) is 2.43. The van der Waals surface area contributed by atoms with Gasteiger partial charge in [0.25, 0.3) is 0 Å². The molecule has 0 aliphatic carbocycles. The van der Waals surface area contributed by atoms with Crippen LogP contribution in [-0.2, 0) is 14.8 Å². The minimum absolute atomic E-state index is 0.279. The van der Waals surface area contributed by atoms with Crippen LogP contribution in [0.25, 0.3) is 0 Å². The predicted octanol–water partition coefficient (Wildman–Crippen LogP) is -1.44. The Hall–Kier alpha value is -0.940. The van der Waals surface area contributed by atoms with E-state index in [0.717, 1.165) is 19.3 Å². The number of nitrogens with zero attached hydrogens (tertiary/aromatic N) is 2. The first-order valence-corrected chi connectivity index (χ1v) is 10.6. The smallest absolute Gasteiger partial charge is 0.208 e. The summed E-state index contributed by atoms with van der Waals surface area (Å²) in [6.45, 7) is 9.30. The summed E-state index contributed by atoms with van der Waals surface area (Å²) in [5.41, 5.74) is -0.919. The summed E-state index contributed by atoms with van der Waals surface area (Å²) in [4.78, 5) is 6.62. The molecule has 0 bridgehead atoms. The van der Waals surface area contributed by atoms with Gasteiger partial charge < -0.3 is 20.5 Å². The van der Waals surface area contributed by atoms with Crippen molar-refractivity contribution in [2.45, 2.75) is 25.9 Å². The lowest BCUT2D eigenvalue weighted by Crippen LogP contribution is -2.48. The normalized spacial score (nSPS) is 19.4. The van der Waals surface area contributed by atoms with Gasteiger partial charge in [0.1, 0.15) is 0 Å². The Labute approximate surface area is 151 Å². The number of aliphatic imine (C=N–C) groups is 1. The number of hydrogen-bond donors (Lipinski definition) is 4. The zero-order valence-corrected chi connectivity index (χ0v) is 16.4. The molecule has 0 aromatic rings. The molecule has 1 fully saturated rings. The molecule has 4 N–H and O–H groups in total. The minimum Gasteiger partial charge on any atom is -0.387 e. The lowest BCUT2D eigenvalue weighted by atomic mass is 10.1. The maximum absolute atomic E-state index is 11.0. The Kier molecular flexibility index (Phi) is 9.65. The average Bonchev–Trinajstić information content (AvgIpc) is 2.51. The molecule has 1 heterocycles. The summed E-state index contributed by atoms with van der Waals surface area (Å²) in [5.74, 6) is 0.615. The van der Waals surface area contributed by atoms with Gasteiger partial charge in [0.15, 0.2) is 5.96 Å². The largest absolute Gasteiger partial charge is 0.387 e. The molecule has 0 radical (unpaired) electrons. The van der Waals surface area contributed by atoms with E-state index in [-0.39, 0.29) is 6.54 Å². The first-order chi connectivity index (χ1) is 11.7. The molecule has 0 spiro atoms. The van der Waals surface area contributed by atoms with Crippen molar-refractivity contribution in [2.24, 2.45) is 4.99 Å². The van der Waals surface area contributed by atoms with Crippen molar-refractivity contribution < 1.29 is 18.3 Å². The van der Waals surface area contributed by atoms with Crippen LogP contribution in [0.4, 0.5) is 0 Å². The van der Waals surface area contributed by atoms with Crippen molar-refractivity contribution >= 4 is 16.0 Å². The van der Waals surface area contributed by atoms with Gasteiger partial charge in [-0.1, -0.05) is 0 Å². The Morgan fingerprint density at radius 3 is 2.56 bits per heavy atom. The highest BCUT2D eigenvalue weighted by Crippen LogP contribution is 2.09. The molecule has 1 aliphatic rings. The van der Waals surface area contributed by atoms with Crippen LogP contribution in [0.15, 0.2) is 4.99 Å². The predicted molar refractivity (Wildman–Crippen MR) is 99.3 cm³/mol. The van der Waals surface area contributed by atoms with Crippen molar-refractivity contribution in [3.8, 4) is 0 Å². The summed E-state index contributed by atoms with van der Waals surface area (Å²) in [5, 5.41) is 16.8. The molecule has 0 amide bonds. The summed E-state index contributed by atoms with van der Waals surface area (Å²) in [6, 6.07) is 0. The van der Waals surface area contributed by atoms with Gasteiger partial charge in [0, 0.05) is 39.3 Å². The number of rotatable bonds is 10. The number of aliphatic hydroxyl groups is 1. The molecular formula is C15H33N5O4S. The van der Waals surface area contributed by atoms with Gasteiger partial charge in [-0.2, -0.15) is 0 Å². The molecule has 148 valence electrons. The van der Waals surface area contributed by atoms with E-state index in [9.17, 15) is 13.5 Å². The molecule has 1 atom stereocenters. The van der Waals surface area contributed by atoms with Gasteiger partial charge in [-0.05, 0) is 20.3 Å². The Morgan fingerprint density at radius 1 is 1.28 bits per heavy atom. The van der Waals surface area contributed by atoms with Crippen molar-refractivity contribution in [2.75, 3.05) is 65.3 Å². The monoisotopic (exact) mass is 379 g/mol. The SMILES string of the molecule is CCNC(=NCC(C)(O)CN1CCOCC1)NCCCNS(C)(=O)=O. The quantitative estimate of drug-likeness (QED) is 0.209. The van der Waals surface area contributed by atoms with Crippen LogP contribution in [0.5, 0.6) is 0 Å². The van der Waals surface area contributed by atoms with E-state index in [4.69, 9.17) is 4.74 Å². The van der Waals surface area contributed by atoms with Gasteiger partial charge in [-0.15, -0.1) is 0 Å². The highest BCUT2D eigenvalue weighted by Gasteiger charge is 2.25. The molecule has 1 aliphatic heterocycles. The summed E-state index contributed by atoms with van der Waals surface area (Å²) < 4.78 is 29.8. The fourth-order valence-corrected chi connectivity index (χ4v) is 2.95. The van der Waals surface area contributed by atoms with Gasteiger partial charge in [0.2, 0.25) is 10.0 Å². The van der Waals surface area contributed by atoms with Crippen molar-refractivity contribution in [1.82, 2.24) is 20.3 Å². The highest BCUT2D eigenvalue weighted by molar-refractivity contribution is 7.88. The number of morpholine rings is 1. The van der Waals surface area contributed by atoms with Crippen molar-refractivity contribution in [1.29, 1.82) is 0 Å². The van der Waals surface area contributed by atoms with E-state index in [0.29, 0.717) is 51.8 Å². The second-order valence-electron chi connectivity index (χ2n) is 6.53. The second-order valence-corrected chi connectivity index (χ2v) is 8.36. The van der Waals surface area contributed by atoms with Crippen LogP contribution in [0.3, 0.4) is 0 Å². The third kappa shape index (κ3) is 11.3. The summed E-state index contributed by atoms with van der Waals surface area (Å²) >= 11 is 0. The van der Waals surface area contributed by atoms with Gasteiger partial charge in [0.05, 0.1) is 31.6 Å². The zero-order valence-electron chi connectivity index (χ0n) is 15.5.